The van der Waals surface area contributed by atoms with Gasteiger partial charge in [0.05, 0.1) is 0 Å². The Labute approximate surface area is 128 Å². The van der Waals surface area contributed by atoms with Crippen LogP contribution in [-0.2, 0) is 0 Å². The lowest BCUT2D eigenvalue weighted by atomic mass is 9.75. The fraction of sp³-hybridized carbons (Fsp3) is 0.938. The highest BCUT2D eigenvalue weighted by atomic mass is 32.2. The highest BCUT2D eigenvalue weighted by Crippen LogP contribution is 2.41. The summed E-state index contributed by atoms with van der Waals surface area (Å²) < 4.78 is 0. The summed E-state index contributed by atoms with van der Waals surface area (Å²) in [4.78, 5) is 7.46. The molecule has 1 N–H and O–H groups in total. The van der Waals surface area contributed by atoms with Crippen LogP contribution < -0.4 is 5.32 Å². The smallest absolute Gasteiger partial charge is 0.156 e. The van der Waals surface area contributed by atoms with Crippen LogP contribution in [-0.4, -0.2) is 48.0 Å². The minimum absolute atomic E-state index is 0.550. The molecule has 3 rings (SSSR count). The van der Waals surface area contributed by atoms with E-state index >= 15 is 0 Å². The molecule has 3 aliphatic rings. The molecular formula is C16H29N3S. The molecule has 1 aliphatic carbocycles. The minimum atomic E-state index is 0.550. The number of hydrogen-bond donors (Lipinski definition) is 1. The highest BCUT2D eigenvalue weighted by molar-refractivity contribution is 8.13. The van der Waals surface area contributed by atoms with Crippen molar-refractivity contribution in [1.29, 1.82) is 0 Å². The molecule has 0 aromatic carbocycles. The van der Waals surface area contributed by atoms with Crippen molar-refractivity contribution in [2.45, 2.75) is 57.9 Å². The molecule has 0 amide bonds. The third-order valence-electron chi connectivity index (χ3n) is 5.30. The van der Waals surface area contributed by atoms with Gasteiger partial charge in [-0.25, -0.2) is 0 Å². The van der Waals surface area contributed by atoms with Crippen molar-refractivity contribution in [3.8, 4) is 0 Å². The van der Waals surface area contributed by atoms with Gasteiger partial charge >= 0.3 is 0 Å². The number of amidine groups is 1. The second-order valence-electron chi connectivity index (χ2n) is 6.94. The van der Waals surface area contributed by atoms with Crippen molar-refractivity contribution in [3.63, 3.8) is 0 Å². The third kappa shape index (κ3) is 3.51. The normalized spacial score (nSPS) is 28.4. The van der Waals surface area contributed by atoms with Gasteiger partial charge in [-0.1, -0.05) is 31.0 Å². The first-order valence-corrected chi connectivity index (χ1v) is 9.41. The molecule has 2 heterocycles. The monoisotopic (exact) mass is 295 g/mol. The molecule has 0 aromatic heterocycles. The summed E-state index contributed by atoms with van der Waals surface area (Å²) >= 11 is 1.97. The van der Waals surface area contributed by atoms with Crippen molar-refractivity contribution < 1.29 is 0 Å². The van der Waals surface area contributed by atoms with E-state index in [0.717, 1.165) is 13.1 Å². The van der Waals surface area contributed by atoms with E-state index in [1.54, 1.807) is 0 Å². The zero-order valence-corrected chi connectivity index (χ0v) is 13.7. The van der Waals surface area contributed by atoms with Crippen LogP contribution in [0.1, 0.15) is 51.9 Å². The van der Waals surface area contributed by atoms with Gasteiger partial charge in [0, 0.05) is 24.9 Å². The summed E-state index contributed by atoms with van der Waals surface area (Å²) in [6, 6.07) is 0.645. The van der Waals surface area contributed by atoms with Crippen molar-refractivity contribution in [2.24, 2.45) is 10.4 Å². The largest absolute Gasteiger partial charge is 0.363 e. The number of aliphatic imine (C=N–C) groups is 1. The first kappa shape index (κ1) is 14.7. The van der Waals surface area contributed by atoms with Gasteiger partial charge in [-0.05, 0) is 51.1 Å². The quantitative estimate of drug-likeness (QED) is 0.867. The molecule has 1 saturated heterocycles. The van der Waals surface area contributed by atoms with Crippen LogP contribution in [0.3, 0.4) is 0 Å². The lowest BCUT2D eigenvalue weighted by Crippen LogP contribution is -2.42. The lowest BCUT2D eigenvalue weighted by Gasteiger charge is -2.38. The lowest BCUT2D eigenvalue weighted by molar-refractivity contribution is 0.232. The topological polar surface area (TPSA) is 27.6 Å². The molecule has 0 radical (unpaired) electrons. The van der Waals surface area contributed by atoms with Gasteiger partial charge in [-0.15, -0.1) is 0 Å². The number of hydrogen-bond acceptors (Lipinski definition) is 4. The van der Waals surface area contributed by atoms with Crippen molar-refractivity contribution in [3.05, 3.63) is 0 Å². The molecule has 0 bridgehead atoms. The summed E-state index contributed by atoms with van der Waals surface area (Å²) in [5.74, 6) is 1.29. The molecule has 20 heavy (non-hydrogen) atoms. The predicted molar refractivity (Wildman–Crippen MR) is 88.5 cm³/mol. The van der Waals surface area contributed by atoms with E-state index in [-0.39, 0.29) is 0 Å². The Morgan fingerprint density at radius 2 is 1.95 bits per heavy atom. The molecule has 4 heteroatoms. The van der Waals surface area contributed by atoms with Gasteiger partial charge in [-0.2, -0.15) is 0 Å². The van der Waals surface area contributed by atoms with Gasteiger partial charge in [0.1, 0.15) is 0 Å². The van der Waals surface area contributed by atoms with Gasteiger partial charge in [0.2, 0.25) is 0 Å². The SMILES string of the molecule is CC(CNC1=NCC2(CCCCC2)CS1)N1CCCC1. The van der Waals surface area contributed by atoms with E-state index in [1.165, 1.54) is 69.0 Å². The first-order chi connectivity index (χ1) is 9.77. The number of thioether (sulfide) groups is 1. The Kier molecular flexibility index (Phi) is 4.92. The maximum Gasteiger partial charge on any atom is 0.156 e. The maximum atomic E-state index is 4.85. The molecule has 1 unspecified atom stereocenters. The standard InChI is InChI=1S/C16H29N3S/c1-14(19-9-5-6-10-19)11-17-15-18-12-16(13-20-15)7-3-2-4-8-16/h14H,2-13H2,1H3,(H,17,18). The fourth-order valence-corrected chi connectivity index (χ4v) is 4.97. The Morgan fingerprint density at radius 1 is 1.20 bits per heavy atom. The minimum Gasteiger partial charge on any atom is -0.363 e. The predicted octanol–water partition coefficient (Wildman–Crippen LogP) is 3.11. The van der Waals surface area contributed by atoms with Crippen LogP contribution in [0.15, 0.2) is 4.99 Å². The van der Waals surface area contributed by atoms with Crippen LogP contribution in [0, 0.1) is 5.41 Å². The van der Waals surface area contributed by atoms with Crippen LogP contribution in [0.2, 0.25) is 0 Å². The number of nitrogens with zero attached hydrogens (tertiary/aromatic N) is 2. The molecule has 2 fully saturated rings. The molecule has 3 nitrogen and oxygen atoms in total. The van der Waals surface area contributed by atoms with Crippen LogP contribution in [0.25, 0.3) is 0 Å². The molecule has 1 atom stereocenters. The molecule has 1 spiro atoms. The highest BCUT2D eigenvalue weighted by Gasteiger charge is 2.34. The second kappa shape index (κ2) is 6.69. The van der Waals surface area contributed by atoms with Crippen LogP contribution >= 0.6 is 11.8 Å². The second-order valence-corrected chi connectivity index (χ2v) is 7.91. The Balaban J connectivity index is 1.44. The Hall–Kier alpha value is -0.220. The Bertz CT molecular complexity index is 344. The van der Waals surface area contributed by atoms with Gasteiger partial charge in [0.15, 0.2) is 5.17 Å². The zero-order chi connectivity index (χ0) is 13.8. The molecular weight excluding hydrogens is 266 g/mol. The summed E-state index contributed by atoms with van der Waals surface area (Å²) in [7, 11) is 0. The van der Waals surface area contributed by atoms with Crippen LogP contribution in [0.4, 0.5) is 0 Å². The average Bonchev–Trinajstić information content (AvgIpc) is 3.02. The molecule has 0 aromatic rings. The van der Waals surface area contributed by atoms with Crippen molar-refractivity contribution in [2.75, 3.05) is 31.9 Å². The third-order valence-corrected chi connectivity index (χ3v) is 6.60. The maximum absolute atomic E-state index is 4.85. The van der Waals surface area contributed by atoms with E-state index in [0.29, 0.717) is 11.5 Å². The van der Waals surface area contributed by atoms with E-state index in [9.17, 15) is 0 Å². The van der Waals surface area contributed by atoms with E-state index in [4.69, 9.17) is 4.99 Å². The summed E-state index contributed by atoms with van der Waals surface area (Å²) in [6.07, 6.45) is 9.84. The van der Waals surface area contributed by atoms with E-state index < -0.39 is 0 Å². The molecule has 1 saturated carbocycles. The number of likely N-dealkylation sites (tertiary alicyclic amines) is 1. The van der Waals surface area contributed by atoms with Gasteiger partial charge < -0.3 is 5.32 Å². The van der Waals surface area contributed by atoms with Crippen molar-refractivity contribution in [1.82, 2.24) is 10.2 Å². The number of nitrogens with one attached hydrogen (secondary N) is 1. The van der Waals surface area contributed by atoms with E-state index in [2.05, 4.69) is 17.1 Å². The average molecular weight is 295 g/mol. The van der Waals surface area contributed by atoms with Crippen molar-refractivity contribution >= 4 is 16.9 Å². The summed E-state index contributed by atoms with van der Waals surface area (Å²) in [5.41, 5.74) is 0.550. The summed E-state index contributed by atoms with van der Waals surface area (Å²) in [6.45, 7) is 7.03. The molecule has 114 valence electrons. The fourth-order valence-electron chi connectivity index (χ4n) is 3.81. The van der Waals surface area contributed by atoms with E-state index in [1.807, 2.05) is 11.8 Å². The number of rotatable bonds is 3. The zero-order valence-electron chi connectivity index (χ0n) is 12.9. The first-order valence-electron chi connectivity index (χ1n) is 8.43. The Morgan fingerprint density at radius 3 is 2.60 bits per heavy atom. The molecule has 2 aliphatic heterocycles. The van der Waals surface area contributed by atoms with Gasteiger partial charge in [-0.3, -0.25) is 9.89 Å². The van der Waals surface area contributed by atoms with Crippen LogP contribution in [0.5, 0.6) is 0 Å². The summed E-state index contributed by atoms with van der Waals surface area (Å²) in [5, 5.41) is 4.79. The van der Waals surface area contributed by atoms with Gasteiger partial charge in [0.25, 0.3) is 0 Å².